The summed E-state index contributed by atoms with van der Waals surface area (Å²) in [7, 11) is -7.34. The average Bonchev–Trinajstić information content (AvgIpc) is 3.05. The number of rotatable bonds is 6. The standard InChI is InChI=1S/C17H17N5O5S2/c1-28(24,25)21-12-4-2-3-11(9-12)16-10-15(17(18)23)20-22(16)13-5-7-14(8-6-13)29(19,26)27/h2-10,21H,1H3,(H2,18,23)(H2,19,26,27). The van der Waals surface area contributed by atoms with E-state index in [4.69, 9.17) is 10.9 Å². The molecule has 0 saturated heterocycles. The van der Waals surface area contributed by atoms with Crippen molar-refractivity contribution in [3.63, 3.8) is 0 Å². The lowest BCUT2D eigenvalue weighted by Crippen LogP contribution is -2.13. The third-order valence-corrected chi connectivity index (χ3v) is 5.37. The zero-order chi connectivity index (χ0) is 21.4. The highest BCUT2D eigenvalue weighted by atomic mass is 32.2. The van der Waals surface area contributed by atoms with Crippen molar-refractivity contribution >= 4 is 31.6 Å². The van der Waals surface area contributed by atoms with Crippen molar-refractivity contribution in [1.82, 2.24) is 9.78 Å². The summed E-state index contributed by atoms with van der Waals surface area (Å²) in [6.45, 7) is 0. The highest BCUT2D eigenvalue weighted by molar-refractivity contribution is 7.92. The SMILES string of the molecule is CS(=O)(=O)Nc1cccc(-c2cc(C(N)=O)nn2-c2ccc(S(N)(=O)=O)cc2)c1. The molecule has 152 valence electrons. The zero-order valence-electron chi connectivity index (χ0n) is 15.1. The molecule has 1 heterocycles. The summed E-state index contributed by atoms with van der Waals surface area (Å²) < 4.78 is 49.7. The van der Waals surface area contributed by atoms with Gasteiger partial charge in [0.2, 0.25) is 20.0 Å². The fourth-order valence-electron chi connectivity index (χ4n) is 2.64. The third-order valence-electron chi connectivity index (χ3n) is 3.83. The van der Waals surface area contributed by atoms with Gasteiger partial charge in [0, 0.05) is 11.3 Å². The predicted octanol–water partition coefficient (Wildman–Crippen LogP) is 0.657. The molecule has 0 saturated carbocycles. The van der Waals surface area contributed by atoms with Gasteiger partial charge in [0.05, 0.1) is 22.5 Å². The summed E-state index contributed by atoms with van der Waals surface area (Å²) in [4.78, 5) is 11.5. The van der Waals surface area contributed by atoms with Gasteiger partial charge in [-0.15, -0.1) is 0 Å². The molecule has 1 aromatic heterocycles. The van der Waals surface area contributed by atoms with Gasteiger partial charge in [0.15, 0.2) is 5.69 Å². The summed E-state index contributed by atoms with van der Waals surface area (Å²) in [6, 6.07) is 13.5. The minimum atomic E-state index is -3.86. The van der Waals surface area contributed by atoms with Crippen LogP contribution in [0.1, 0.15) is 10.5 Å². The van der Waals surface area contributed by atoms with Crippen LogP contribution in [-0.2, 0) is 20.0 Å². The lowest BCUT2D eigenvalue weighted by Gasteiger charge is -2.10. The Morgan fingerprint density at radius 2 is 1.69 bits per heavy atom. The fourth-order valence-corrected chi connectivity index (χ4v) is 3.71. The third kappa shape index (κ3) is 4.80. The summed E-state index contributed by atoms with van der Waals surface area (Å²) in [5.74, 6) is -0.753. The molecule has 0 aliphatic rings. The van der Waals surface area contributed by atoms with Gasteiger partial charge >= 0.3 is 0 Å². The van der Waals surface area contributed by atoms with Crippen LogP contribution >= 0.6 is 0 Å². The Labute approximate surface area is 167 Å². The molecular formula is C17H17N5O5S2. The van der Waals surface area contributed by atoms with Crippen LogP contribution in [0.5, 0.6) is 0 Å². The number of nitrogens with zero attached hydrogens (tertiary/aromatic N) is 2. The summed E-state index contributed by atoms with van der Waals surface area (Å²) in [5, 5.41) is 9.29. The lowest BCUT2D eigenvalue weighted by atomic mass is 10.1. The van der Waals surface area contributed by atoms with Crippen LogP contribution in [-0.4, -0.2) is 38.8 Å². The average molecular weight is 435 g/mol. The highest BCUT2D eigenvalue weighted by Crippen LogP contribution is 2.27. The first-order chi connectivity index (χ1) is 13.4. The monoisotopic (exact) mass is 435 g/mol. The number of nitrogens with one attached hydrogen (secondary N) is 1. The van der Waals surface area contributed by atoms with E-state index in [2.05, 4.69) is 9.82 Å². The molecule has 12 heteroatoms. The number of anilines is 1. The molecule has 0 atom stereocenters. The maximum Gasteiger partial charge on any atom is 0.269 e. The molecule has 0 fully saturated rings. The van der Waals surface area contributed by atoms with Crippen LogP contribution < -0.4 is 15.6 Å². The van der Waals surface area contributed by atoms with Crippen LogP contribution in [0.2, 0.25) is 0 Å². The van der Waals surface area contributed by atoms with Gasteiger partial charge in [0.1, 0.15) is 0 Å². The predicted molar refractivity (Wildman–Crippen MR) is 107 cm³/mol. The molecule has 0 radical (unpaired) electrons. The van der Waals surface area contributed by atoms with Crippen LogP contribution in [0, 0.1) is 0 Å². The van der Waals surface area contributed by atoms with Gasteiger partial charge in [-0.3, -0.25) is 9.52 Å². The molecule has 0 spiro atoms. The number of primary sulfonamides is 1. The number of benzene rings is 2. The maximum absolute atomic E-state index is 11.6. The first-order valence-electron chi connectivity index (χ1n) is 8.05. The van der Waals surface area contributed by atoms with Crippen molar-refractivity contribution in [2.24, 2.45) is 10.9 Å². The van der Waals surface area contributed by atoms with Crippen LogP contribution in [0.25, 0.3) is 16.9 Å². The van der Waals surface area contributed by atoms with Gasteiger partial charge in [0.25, 0.3) is 5.91 Å². The maximum atomic E-state index is 11.6. The normalized spacial score (nSPS) is 11.9. The topological polar surface area (TPSA) is 167 Å². The smallest absolute Gasteiger partial charge is 0.269 e. The lowest BCUT2D eigenvalue weighted by molar-refractivity contribution is 0.0995. The molecule has 2 aromatic carbocycles. The Morgan fingerprint density at radius 1 is 1.03 bits per heavy atom. The van der Waals surface area contributed by atoms with E-state index in [1.165, 1.54) is 35.0 Å². The molecule has 0 aliphatic heterocycles. The molecule has 29 heavy (non-hydrogen) atoms. The Hall–Kier alpha value is -3.22. The van der Waals surface area contributed by atoms with Crippen molar-refractivity contribution in [1.29, 1.82) is 0 Å². The number of carbonyl (C=O) groups is 1. The minimum absolute atomic E-state index is 0.0167. The molecule has 10 nitrogen and oxygen atoms in total. The summed E-state index contributed by atoms with van der Waals surface area (Å²) >= 11 is 0. The summed E-state index contributed by atoms with van der Waals surface area (Å²) in [5.41, 5.74) is 7.09. The fraction of sp³-hybridized carbons (Fsp3) is 0.0588. The highest BCUT2D eigenvalue weighted by Gasteiger charge is 2.16. The number of carbonyl (C=O) groups excluding carboxylic acids is 1. The second kappa shape index (κ2) is 7.31. The number of aromatic nitrogens is 2. The van der Waals surface area contributed by atoms with E-state index in [1.54, 1.807) is 24.3 Å². The van der Waals surface area contributed by atoms with Gasteiger partial charge in [-0.25, -0.2) is 26.7 Å². The molecule has 1 amide bonds. The van der Waals surface area contributed by atoms with Gasteiger partial charge < -0.3 is 5.73 Å². The van der Waals surface area contributed by atoms with Gasteiger partial charge in [-0.2, -0.15) is 5.10 Å². The zero-order valence-corrected chi connectivity index (χ0v) is 16.7. The van der Waals surface area contributed by atoms with E-state index in [1.807, 2.05) is 0 Å². The Kier molecular flexibility index (Phi) is 5.17. The second-order valence-corrected chi connectivity index (χ2v) is 9.49. The van der Waals surface area contributed by atoms with Crippen molar-refractivity contribution in [2.75, 3.05) is 11.0 Å². The minimum Gasteiger partial charge on any atom is -0.364 e. The van der Waals surface area contributed by atoms with E-state index < -0.39 is 26.0 Å². The van der Waals surface area contributed by atoms with Crippen molar-refractivity contribution in [3.8, 4) is 16.9 Å². The Morgan fingerprint density at radius 3 is 2.24 bits per heavy atom. The number of primary amides is 1. The van der Waals surface area contributed by atoms with Crippen molar-refractivity contribution < 1.29 is 21.6 Å². The number of hydrogen-bond donors (Lipinski definition) is 3. The largest absolute Gasteiger partial charge is 0.364 e. The molecule has 0 unspecified atom stereocenters. The van der Waals surface area contributed by atoms with Crippen molar-refractivity contribution in [3.05, 3.63) is 60.3 Å². The van der Waals surface area contributed by atoms with E-state index in [0.717, 1.165) is 6.26 Å². The number of nitrogens with two attached hydrogens (primary N) is 2. The number of sulfonamides is 2. The summed E-state index contributed by atoms with van der Waals surface area (Å²) in [6.07, 6.45) is 1.03. The molecule has 3 rings (SSSR count). The first kappa shape index (κ1) is 20.5. The Balaban J connectivity index is 2.13. The van der Waals surface area contributed by atoms with Crippen LogP contribution in [0.4, 0.5) is 5.69 Å². The number of hydrogen-bond acceptors (Lipinski definition) is 6. The van der Waals surface area contributed by atoms with Gasteiger partial charge in [-0.05, 0) is 42.5 Å². The first-order valence-corrected chi connectivity index (χ1v) is 11.5. The molecule has 3 aromatic rings. The molecule has 0 bridgehead atoms. The van der Waals surface area contributed by atoms with E-state index >= 15 is 0 Å². The van der Waals surface area contributed by atoms with Gasteiger partial charge in [-0.1, -0.05) is 12.1 Å². The van der Waals surface area contributed by atoms with E-state index in [9.17, 15) is 21.6 Å². The molecule has 0 aliphatic carbocycles. The van der Waals surface area contributed by atoms with Crippen LogP contribution in [0.15, 0.2) is 59.5 Å². The molecular weight excluding hydrogens is 418 g/mol. The van der Waals surface area contributed by atoms with Crippen LogP contribution in [0.3, 0.4) is 0 Å². The van der Waals surface area contributed by atoms with E-state index in [0.29, 0.717) is 22.6 Å². The number of amides is 1. The second-order valence-electron chi connectivity index (χ2n) is 6.18. The van der Waals surface area contributed by atoms with E-state index in [-0.39, 0.29) is 10.6 Å². The molecule has 5 N–H and O–H groups in total. The Bertz CT molecular complexity index is 1300. The van der Waals surface area contributed by atoms with Crippen molar-refractivity contribution in [2.45, 2.75) is 4.90 Å². The quantitative estimate of drug-likeness (QED) is 0.514.